The molecule has 0 fully saturated rings. The van der Waals surface area contributed by atoms with Crippen LogP contribution in [0, 0.1) is 17.5 Å². The molecule has 2 aromatic rings. The van der Waals surface area contributed by atoms with E-state index in [1.165, 1.54) is 0 Å². The SMILES string of the molecule is O=C(CNC(=O)c1ccc(F)cc1F)NCc1ccc(F)cc1C(F)(F)F. The van der Waals surface area contributed by atoms with Gasteiger partial charge in [-0.15, -0.1) is 0 Å². The predicted octanol–water partition coefficient (Wildman–Crippen LogP) is 3.17. The third-order valence-corrected chi connectivity index (χ3v) is 3.44. The average Bonchev–Trinajstić information content (AvgIpc) is 2.57. The molecule has 0 aliphatic carbocycles. The summed E-state index contributed by atoms with van der Waals surface area (Å²) in [5.74, 6) is -4.95. The van der Waals surface area contributed by atoms with Crippen molar-refractivity contribution in [3.63, 3.8) is 0 Å². The van der Waals surface area contributed by atoms with E-state index in [1.807, 2.05) is 0 Å². The van der Waals surface area contributed by atoms with Crippen LogP contribution in [0.2, 0.25) is 0 Å². The Bertz CT molecular complexity index is 867. The molecular formula is C17H12F6N2O2. The fraction of sp³-hybridized carbons (Fsp3) is 0.176. The summed E-state index contributed by atoms with van der Waals surface area (Å²) in [6.07, 6.45) is -4.81. The molecule has 2 amide bonds. The summed E-state index contributed by atoms with van der Waals surface area (Å²) in [4.78, 5) is 23.4. The van der Waals surface area contributed by atoms with Crippen molar-refractivity contribution in [2.75, 3.05) is 6.54 Å². The Labute approximate surface area is 149 Å². The van der Waals surface area contributed by atoms with E-state index in [2.05, 4.69) is 10.6 Å². The van der Waals surface area contributed by atoms with Gasteiger partial charge in [0.2, 0.25) is 5.91 Å². The molecule has 144 valence electrons. The van der Waals surface area contributed by atoms with Gasteiger partial charge in [-0.1, -0.05) is 6.07 Å². The molecule has 0 saturated heterocycles. The first kappa shape index (κ1) is 20.3. The second-order valence-electron chi connectivity index (χ2n) is 5.38. The lowest BCUT2D eigenvalue weighted by Gasteiger charge is -2.14. The van der Waals surface area contributed by atoms with Crippen LogP contribution in [0.25, 0.3) is 0 Å². The average molecular weight is 390 g/mol. The van der Waals surface area contributed by atoms with Crippen LogP contribution in [0.4, 0.5) is 26.3 Å². The van der Waals surface area contributed by atoms with Crippen molar-refractivity contribution in [1.29, 1.82) is 0 Å². The zero-order valence-electron chi connectivity index (χ0n) is 13.5. The van der Waals surface area contributed by atoms with Crippen LogP contribution in [-0.2, 0) is 17.5 Å². The van der Waals surface area contributed by atoms with Crippen LogP contribution in [0.1, 0.15) is 21.5 Å². The molecule has 0 unspecified atom stereocenters. The fourth-order valence-electron chi connectivity index (χ4n) is 2.15. The minimum Gasteiger partial charge on any atom is -0.350 e. The van der Waals surface area contributed by atoms with Crippen LogP contribution in [0.15, 0.2) is 36.4 Å². The van der Waals surface area contributed by atoms with Crippen molar-refractivity contribution in [1.82, 2.24) is 10.6 Å². The molecule has 0 bridgehead atoms. The van der Waals surface area contributed by atoms with E-state index in [1.54, 1.807) is 0 Å². The number of rotatable bonds is 5. The van der Waals surface area contributed by atoms with E-state index < -0.39 is 59.7 Å². The number of hydrogen-bond donors (Lipinski definition) is 2. The molecule has 0 radical (unpaired) electrons. The van der Waals surface area contributed by atoms with Gasteiger partial charge in [0.1, 0.15) is 17.5 Å². The second-order valence-corrected chi connectivity index (χ2v) is 5.38. The van der Waals surface area contributed by atoms with Gasteiger partial charge in [-0.25, -0.2) is 13.2 Å². The van der Waals surface area contributed by atoms with Crippen molar-refractivity contribution < 1.29 is 35.9 Å². The normalized spacial score (nSPS) is 11.2. The molecule has 2 rings (SSSR count). The van der Waals surface area contributed by atoms with Gasteiger partial charge in [0.15, 0.2) is 0 Å². The Balaban J connectivity index is 1.94. The lowest BCUT2D eigenvalue weighted by Crippen LogP contribution is -2.37. The van der Waals surface area contributed by atoms with E-state index in [4.69, 9.17) is 0 Å². The third kappa shape index (κ3) is 5.47. The molecule has 4 nitrogen and oxygen atoms in total. The first-order valence-electron chi connectivity index (χ1n) is 7.43. The standard InChI is InChI=1S/C17H12F6N2O2/c18-10-2-1-9(13(5-10)17(21,22)23)7-24-15(26)8-25-16(27)12-4-3-11(19)6-14(12)20/h1-6H,7-8H2,(H,24,26)(H,25,27). The molecule has 2 aromatic carbocycles. The van der Waals surface area contributed by atoms with Crippen molar-refractivity contribution >= 4 is 11.8 Å². The largest absolute Gasteiger partial charge is 0.416 e. The second kappa shape index (κ2) is 8.11. The lowest BCUT2D eigenvalue weighted by molar-refractivity contribution is -0.138. The molecular weight excluding hydrogens is 378 g/mol. The zero-order valence-corrected chi connectivity index (χ0v) is 13.5. The summed E-state index contributed by atoms with van der Waals surface area (Å²) in [5.41, 5.74) is -2.10. The van der Waals surface area contributed by atoms with Crippen LogP contribution >= 0.6 is 0 Å². The number of hydrogen-bond acceptors (Lipinski definition) is 2. The Morgan fingerprint density at radius 3 is 2.15 bits per heavy atom. The van der Waals surface area contributed by atoms with Crippen LogP contribution in [-0.4, -0.2) is 18.4 Å². The molecule has 0 saturated carbocycles. The Morgan fingerprint density at radius 1 is 0.889 bits per heavy atom. The minimum atomic E-state index is -4.81. The molecule has 10 heteroatoms. The number of carbonyl (C=O) groups is 2. The van der Waals surface area contributed by atoms with Crippen molar-refractivity contribution in [2.45, 2.75) is 12.7 Å². The highest BCUT2D eigenvalue weighted by Gasteiger charge is 2.33. The quantitative estimate of drug-likeness (QED) is 0.771. The maximum Gasteiger partial charge on any atom is 0.416 e. The molecule has 0 aromatic heterocycles. The maximum atomic E-state index is 13.4. The van der Waals surface area contributed by atoms with Gasteiger partial charge in [0, 0.05) is 12.6 Å². The van der Waals surface area contributed by atoms with E-state index in [0.29, 0.717) is 12.1 Å². The summed E-state index contributed by atoms with van der Waals surface area (Å²) < 4.78 is 77.8. The summed E-state index contributed by atoms with van der Waals surface area (Å²) in [6.45, 7) is -1.22. The van der Waals surface area contributed by atoms with Gasteiger partial charge >= 0.3 is 6.18 Å². The summed E-state index contributed by atoms with van der Waals surface area (Å²) in [5, 5.41) is 4.19. The molecule has 0 aliphatic heterocycles. The Hall–Kier alpha value is -3.04. The topological polar surface area (TPSA) is 58.2 Å². The minimum absolute atomic E-state index is 0.306. The number of carbonyl (C=O) groups excluding carboxylic acids is 2. The molecule has 2 N–H and O–H groups in total. The number of nitrogens with one attached hydrogen (secondary N) is 2. The van der Waals surface area contributed by atoms with E-state index >= 15 is 0 Å². The lowest BCUT2D eigenvalue weighted by atomic mass is 10.1. The highest BCUT2D eigenvalue weighted by atomic mass is 19.4. The van der Waals surface area contributed by atoms with Gasteiger partial charge in [0.05, 0.1) is 17.7 Å². The van der Waals surface area contributed by atoms with Gasteiger partial charge < -0.3 is 10.6 Å². The Morgan fingerprint density at radius 2 is 1.52 bits per heavy atom. The number of halogens is 6. The van der Waals surface area contributed by atoms with Crippen LogP contribution < -0.4 is 10.6 Å². The van der Waals surface area contributed by atoms with Crippen LogP contribution in [0.5, 0.6) is 0 Å². The van der Waals surface area contributed by atoms with E-state index in [9.17, 15) is 35.9 Å². The molecule has 0 heterocycles. The zero-order chi connectivity index (χ0) is 20.2. The van der Waals surface area contributed by atoms with Gasteiger partial charge in [-0.2, -0.15) is 13.2 Å². The maximum absolute atomic E-state index is 13.4. The smallest absolute Gasteiger partial charge is 0.350 e. The summed E-state index contributed by atoms with van der Waals surface area (Å²) in [6, 6.07) is 4.22. The number of benzene rings is 2. The van der Waals surface area contributed by atoms with E-state index in [0.717, 1.165) is 24.3 Å². The van der Waals surface area contributed by atoms with Crippen molar-refractivity contribution in [2.24, 2.45) is 0 Å². The van der Waals surface area contributed by atoms with E-state index in [-0.39, 0.29) is 5.56 Å². The van der Waals surface area contributed by atoms with Gasteiger partial charge in [0.25, 0.3) is 5.91 Å². The molecule has 27 heavy (non-hydrogen) atoms. The monoisotopic (exact) mass is 390 g/mol. The number of amides is 2. The third-order valence-electron chi connectivity index (χ3n) is 3.44. The van der Waals surface area contributed by atoms with Crippen LogP contribution in [0.3, 0.4) is 0 Å². The highest BCUT2D eigenvalue weighted by molar-refractivity contribution is 5.96. The summed E-state index contributed by atoms with van der Waals surface area (Å²) in [7, 11) is 0. The summed E-state index contributed by atoms with van der Waals surface area (Å²) >= 11 is 0. The van der Waals surface area contributed by atoms with Gasteiger partial charge in [-0.3, -0.25) is 9.59 Å². The number of alkyl halides is 3. The molecule has 0 aliphatic rings. The van der Waals surface area contributed by atoms with Crippen molar-refractivity contribution in [3.8, 4) is 0 Å². The molecule has 0 atom stereocenters. The highest BCUT2D eigenvalue weighted by Crippen LogP contribution is 2.32. The fourth-order valence-corrected chi connectivity index (χ4v) is 2.15. The first-order valence-corrected chi connectivity index (χ1v) is 7.43. The predicted molar refractivity (Wildman–Crippen MR) is 81.9 cm³/mol. The molecule has 0 spiro atoms. The first-order chi connectivity index (χ1) is 12.6. The van der Waals surface area contributed by atoms with Crippen molar-refractivity contribution in [3.05, 3.63) is 70.5 Å². The van der Waals surface area contributed by atoms with Gasteiger partial charge in [-0.05, 0) is 29.8 Å². The Kier molecular flexibility index (Phi) is 6.09.